The lowest BCUT2D eigenvalue weighted by atomic mass is 10.1. The Kier molecular flexibility index (Phi) is 3.98. The van der Waals surface area contributed by atoms with Gasteiger partial charge in [-0.2, -0.15) is 0 Å². The van der Waals surface area contributed by atoms with Crippen LogP contribution in [0.25, 0.3) is 28.4 Å². The molecule has 1 aliphatic rings. The maximum Gasteiger partial charge on any atom is 0.162 e. The number of fused-ring (bicyclic) bond motifs is 2. The first kappa shape index (κ1) is 16.4. The van der Waals surface area contributed by atoms with Crippen LogP contribution in [0.4, 0.5) is 11.5 Å². The van der Waals surface area contributed by atoms with E-state index >= 15 is 0 Å². The Balaban J connectivity index is 1.65. The minimum atomic E-state index is 0.656. The zero-order valence-electron chi connectivity index (χ0n) is 15.4. The summed E-state index contributed by atoms with van der Waals surface area (Å²) in [4.78, 5) is 13.6. The molecule has 0 radical (unpaired) electrons. The van der Waals surface area contributed by atoms with Crippen molar-refractivity contribution in [2.45, 2.75) is 6.42 Å². The fourth-order valence-electron chi connectivity index (χ4n) is 3.42. The molecule has 28 heavy (non-hydrogen) atoms. The summed E-state index contributed by atoms with van der Waals surface area (Å²) >= 11 is 0. The highest BCUT2D eigenvalue weighted by Gasteiger charge is 2.12. The van der Waals surface area contributed by atoms with Crippen LogP contribution in [0, 0.1) is 0 Å². The molecule has 0 atom stereocenters. The van der Waals surface area contributed by atoms with Gasteiger partial charge in [0, 0.05) is 29.0 Å². The molecule has 0 saturated carbocycles. The highest BCUT2D eigenvalue weighted by Crippen LogP contribution is 2.31. The molecule has 0 bridgehead atoms. The number of nitrogens with zero attached hydrogens (tertiary/aromatic N) is 3. The summed E-state index contributed by atoms with van der Waals surface area (Å²) < 4.78 is 5.40. The van der Waals surface area contributed by atoms with Gasteiger partial charge >= 0.3 is 0 Å². The molecular weight excluding hydrogens is 348 g/mol. The van der Waals surface area contributed by atoms with Crippen LogP contribution in [0.15, 0.2) is 67.0 Å². The number of allylic oxidation sites excluding steroid dienone is 1. The lowest BCUT2D eigenvalue weighted by Crippen LogP contribution is -2.00. The van der Waals surface area contributed by atoms with Gasteiger partial charge in [0.05, 0.1) is 12.6 Å². The molecule has 5 heteroatoms. The molecule has 0 aliphatic heterocycles. The average molecular weight is 366 g/mol. The number of hydrogen-bond donors (Lipinski definition) is 1. The van der Waals surface area contributed by atoms with E-state index in [0.717, 1.165) is 40.1 Å². The summed E-state index contributed by atoms with van der Waals surface area (Å²) in [5.41, 5.74) is 5.36. The van der Waals surface area contributed by atoms with Crippen molar-refractivity contribution in [2.24, 2.45) is 0 Å². The van der Waals surface area contributed by atoms with Gasteiger partial charge in [0.15, 0.2) is 5.82 Å². The molecule has 4 aromatic rings. The number of ether oxygens (including phenoxy) is 1. The Hall–Kier alpha value is -3.73. The van der Waals surface area contributed by atoms with Crippen LogP contribution in [0.3, 0.4) is 0 Å². The molecule has 5 nitrogen and oxygen atoms in total. The SMILES string of the molecule is COc1ccc2nc(-c3ccncc3)nc(Nc3ccc4c(c3)C=CC4)c2c1. The van der Waals surface area contributed by atoms with Gasteiger partial charge in [-0.25, -0.2) is 9.97 Å². The Morgan fingerprint density at radius 2 is 1.86 bits per heavy atom. The quantitative estimate of drug-likeness (QED) is 0.550. The molecule has 0 saturated heterocycles. The van der Waals surface area contributed by atoms with Crippen LogP contribution in [-0.2, 0) is 6.42 Å². The third kappa shape index (κ3) is 2.97. The lowest BCUT2D eigenvalue weighted by Gasteiger charge is -2.13. The van der Waals surface area contributed by atoms with Gasteiger partial charge in [-0.05, 0) is 60.0 Å². The van der Waals surface area contributed by atoms with Crippen LogP contribution in [0.5, 0.6) is 5.75 Å². The molecule has 2 aromatic heterocycles. The first-order valence-corrected chi connectivity index (χ1v) is 9.13. The molecule has 5 rings (SSSR count). The minimum absolute atomic E-state index is 0.656. The fraction of sp³-hybridized carbons (Fsp3) is 0.0870. The molecule has 136 valence electrons. The van der Waals surface area contributed by atoms with Crippen molar-refractivity contribution < 1.29 is 4.74 Å². The zero-order valence-corrected chi connectivity index (χ0v) is 15.4. The topological polar surface area (TPSA) is 59.9 Å². The van der Waals surface area contributed by atoms with Crippen molar-refractivity contribution >= 4 is 28.5 Å². The van der Waals surface area contributed by atoms with Crippen molar-refractivity contribution in [1.82, 2.24) is 15.0 Å². The molecule has 2 heterocycles. The number of aromatic nitrogens is 3. The number of methoxy groups -OCH3 is 1. The molecular formula is C23H18N4O. The number of benzene rings is 2. The highest BCUT2D eigenvalue weighted by molar-refractivity contribution is 5.93. The maximum atomic E-state index is 5.40. The summed E-state index contributed by atoms with van der Waals surface area (Å²) in [6.07, 6.45) is 8.83. The maximum absolute atomic E-state index is 5.40. The summed E-state index contributed by atoms with van der Waals surface area (Å²) in [6, 6.07) is 16.0. The molecule has 0 unspecified atom stereocenters. The Morgan fingerprint density at radius 1 is 0.964 bits per heavy atom. The second-order valence-electron chi connectivity index (χ2n) is 6.66. The fourth-order valence-corrected chi connectivity index (χ4v) is 3.42. The second-order valence-corrected chi connectivity index (χ2v) is 6.66. The van der Waals surface area contributed by atoms with Crippen LogP contribution >= 0.6 is 0 Å². The van der Waals surface area contributed by atoms with E-state index < -0.39 is 0 Å². The van der Waals surface area contributed by atoms with Crippen LogP contribution in [0.1, 0.15) is 11.1 Å². The molecule has 1 N–H and O–H groups in total. The second kappa shape index (κ2) is 6.78. The van der Waals surface area contributed by atoms with Gasteiger partial charge in [0.2, 0.25) is 0 Å². The monoisotopic (exact) mass is 366 g/mol. The van der Waals surface area contributed by atoms with Crippen molar-refractivity contribution in [1.29, 1.82) is 0 Å². The van der Waals surface area contributed by atoms with E-state index in [4.69, 9.17) is 14.7 Å². The largest absolute Gasteiger partial charge is 0.497 e. The predicted octanol–water partition coefficient (Wildman–Crippen LogP) is 5.01. The van der Waals surface area contributed by atoms with E-state index in [1.807, 2.05) is 30.3 Å². The molecule has 2 aromatic carbocycles. The molecule has 1 aliphatic carbocycles. The Morgan fingerprint density at radius 3 is 2.71 bits per heavy atom. The van der Waals surface area contributed by atoms with E-state index in [9.17, 15) is 0 Å². The van der Waals surface area contributed by atoms with Crippen molar-refractivity contribution in [3.05, 3.63) is 78.1 Å². The number of anilines is 2. The Bertz CT molecular complexity index is 1200. The van der Waals surface area contributed by atoms with Crippen molar-refractivity contribution in [3.8, 4) is 17.1 Å². The van der Waals surface area contributed by atoms with E-state index in [0.29, 0.717) is 5.82 Å². The van der Waals surface area contributed by atoms with Crippen LogP contribution in [-0.4, -0.2) is 22.1 Å². The number of nitrogens with one attached hydrogen (secondary N) is 1. The van der Waals surface area contributed by atoms with E-state index in [-0.39, 0.29) is 0 Å². The summed E-state index contributed by atoms with van der Waals surface area (Å²) in [5, 5.41) is 4.39. The van der Waals surface area contributed by atoms with E-state index in [1.54, 1.807) is 19.5 Å². The molecule has 0 fully saturated rings. The highest BCUT2D eigenvalue weighted by atomic mass is 16.5. The average Bonchev–Trinajstić information content (AvgIpc) is 3.22. The van der Waals surface area contributed by atoms with E-state index in [1.165, 1.54) is 11.1 Å². The third-order valence-corrected chi connectivity index (χ3v) is 4.89. The van der Waals surface area contributed by atoms with Crippen LogP contribution in [0.2, 0.25) is 0 Å². The molecule has 0 spiro atoms. The third-order valence-electron chi connectivity index (χ3n) is 4.89. The van der Waals surface area contributed by atoms with Gasteiger partial charge in [-0.1, -0.05) is 18.2 Å². The number of rotatable bonds is 4. The zero-order chi connectivity index (χ0) is 18.9. The summed E-state index contributed by atoms with van der Waals surface area (Å²) in [5.74, 6) is 2.17. The smallest absolute Gasteiger partial charge is 0.162 e. The van der Waals surface area contributed by atoms with Crippen molar-refractivity contribution in [2.75, 3.05) is 12.4 Å². The number of hydrogen-bond acceptors (Lipinski definition) is 5. The van der Waals surface area contributed by atoms with Gasteiger partial charge in [-0.15, -0.1) is 0 Å². The van der Waals surface area contributed by atoms with Crippen molar-refractivity contribution in [3.63, 3.8) is 0 Å². The lowest BCUT2D eigenvalue weighted by molar-refractivity contribution is 0.415. The summed E-state index contributed by atoms with van der Waals surface area (Å²) in [7, 11) is 1.66. The van der Waals surface area contributed by atoms with Gasteiger partial charge in [0.25, 0.3) is 0 Å². The Labute approximate surface area is 162 Å². The van der Waals surface area contributed by atoms with Gasteiger partial charge < -0.3 is 10.1 Å². The standard InChI is InChI=1S/C23H18N4O/c1-28-19-7-8-21-20(14-19)23(27-22(26-21)16-9-11-24-12-10-16)25-18-6-5-15-3-2-4-17(15)13-18/h2,4-14H,3H2,1H3,(H,25,26,27). The predicted molar refractivity (Wildman–Crippen MR) is 112 cm³/mol. The number of pyridine rings is 1. The van der Waals surface area contributed by atoms with E-state index in [2.05, 4.69) is 40.7 Å². The minimum Gasteiger partial charge on any atom is -0.497 e. The first-order valence-electron chi connectivity index (χ1n) is 9.13. The van der Waals surface area contributed by atoms with Gasteiger partial charge in [0.1, 0.15) is 11.6 Å². The van der Waals surface area contributed by atoms with Gasteiger partial charge in [-0.3, -0.25) is 4.98 Å². The summed E-state index contributed by atoms with van der Waals surface area (Å²) in [6.45, 7) is 0. The van der Waals surface area contributed by atoms with Crippen LogP contribution < -0.4 is 10.1 Å². The first-order chi connectivity index (χ1) is 13.8. The normalized spacial score (nSPS) is 12.2. The molecule has 0 amide bonds.